The van der Waals surface area contributed by atoms with E-state index in [-0.39, 0.29) is 18.9 Å². The summed E-state index contributed by atoms with van der Waals surface area (Å²) in [5, 5.41) is 0. The van der Waals surface area contributed by atoms with Gasteiger partial charge in [-0.2, -0.15) is 0 Å². The first-order valence-corrected chi connectivity index (χ1v) is 6.73. The highest BCUT2D eigenvalue weighted by molar-refractivity contribution is 5.87. The third-order valence-corrected chi connectivity index (χ3v) is 2.34. The fourth-order valence-corrected chi connectivity index (χ4v) is 1.30. The zero-order valence-corrected chi connectivity index (χ0v) is 11.9. The van der Waals surface area contributed by atoms with Crippen molar-refractivity contribution in [3.05, 3.63) is 12.2 Å². The first-order chi connectivity index (χ1) is 8.65. The molecular formula is C14H26O4. The molecule has 0 bridgehead atoms. The van der Waals surface area contributed by atoms with Gasteiger partial charge in [-0.1, -0.05) is 33.3 Å². The molecule has 0 heterocycles. The van der Waals surface area contributed by atoms with Crippen LogP contribution in [0.1, 0.15) is 46.5 Å². The van der Waals surface area contributed by atoms with Gasteiger partial charge in [0.05, 0.1) is 18.8 Å². The predicted molar refractivity (Wildman–Crippen MR) is 71.3 cm³/mol. The van der Waals surface area contributed by atoms with Crippen molar-refractivity contribution in [3.63, 3.8) is 0 Å². The quantitative estimate of drug-likeness (QED) is 0.247. The lowest BCUT2D eigenvalue weighted by atomic mass is 10.3. The summed E-state index contributed by atoms with van der Waals surface area (Å²) >= 11 is 0. The molecule has 106 valence electrons. The summed E-state index contributed by atoms with van der Waals surface area (Å²) in [7, 11) is 0. The number of hydrogen-bond donors (Lipinski definition) is 0. The van der Waals surface area contributed by atoms with Crippen LogP contribution >= 0.6 is 0 Å². The van der Waals surface area contributed by atoms with E-state index >= 15 is 0 Å². The van der Waals surface area contributed by atoms with Crippen LogP contribution in [-0.4, -0.2) is 32.1 Å². The van der Waals surface area contributed by atoms with E-state index in [1.165, 1.54) is 0 Å². The Bertz CT molecular complexity index is 232. The molecule has 0 aromatic heterocycles. The minimum Gasteiger partial charge on any atom is -0.462 e. The molecule has 0 rings (SSSR count). The number of ether oxygens (including phenoxy) is 3. The first-order valence-electron chi connectivity index (χ1n) is 6.73. The summed E-state index contributed by atoms with van der Waals surface area (Å²) in [6, 6.07) is 0. The maximum atomic E-state index is 11.5. The highest BCUT2D eigenvalue weighted by atomic mass is 16.7. The van der Waals surface area contributed by atoms with Crippen molar-refractivity contribution >= 4 is 5.97 Å². The fraction of sp³-hybridized carbons (Fsp3) is 0.786. The van der Waals surface area contributed by atoms with Crippen molar-refractivity contribution < 1.29 is 19.0 Å². The zero-order valence-electron chi connectivity index (χ0n) is 11.9. The van der Waals surface area contributed by atoms with Crippen LogP contribution in [0, 0.1) is 0 Å². The van der Waals surface area contributed by atoms with E-state index in [4.69, 9.17) is 14.2 Å². The maximum absolute atomic E-state index is 11.5. The summed E-state index contributed by atoms with van der Waals surface area (Å²) in [5.74, 6) is -0.379. The number of unbranched alkanes of at least 4 members (excludes halogenated alkanes) is 1. The average Bonchev–Trinajstić information content (AvgIpc) is 2.36. The lowest BCUT2D eigenvalue weighted by molar-refractivity contribution is -0.148. The van der Waals surface area contributed by atoms with Crippen molar-refractivity contribution in [2.75, 3.05) is 19.8 Å². The standard InChI is InChI=1S/C14H26O4/c1-5-8-10-17-14(15)12(4)11-18-13(9-6-2)16-7-3/h13H,4-11H2,1-3H3. The molecule has 18 heavy (non-hydrogen) atoms. The molecule has 1 atom stereocenters. The van der Waals surface area contributed by atoms with Crippen molar-refractivity contribution in [2.45, 2.75) is 52.7 Å². The number of esters is 1. The molecule has 0 N–H and O–H groups in total. The molecule has 0 saturated heterocycles. The molecule has 0 fully saturated rings. The Morgan fingerprint density at radius 2 is 1.89 bits per heavy atom. The van der Waals surface area contributed by atoms with E-state index in [1.807, 2.05) is 13.8 Å². The van der Waals surface area contributed by atoms with Crippen LogP contribution in [-0.2, 0) is 19.0 Å². The molecule has 0 aromatic rings. The normalized spacial score (nSPS) is 12.2. The summed E-state index contributed by atoms with van der Waals surface area (Å²) in [6.45, 7) is 10.9. The fourth-order valence-electron chi connectivity index (χ4n) is 1.30. The Morgan fingerprint density at radius 3 is 2.44 bits per heavy atom. The van der Waals surface area contributed by atoms with E-state index < -0.39 is 0 Å². The smallest absolute Gasteiger partial charge is 0.335 e. The second-order valence-electron chi connectivity index (χ2n) is 4.08. The monoisotopic (exact) mass is 258 g/mol. The first kappa shape index (κ1) is 17.1. The maximum Gasteiger partial charge on any atom is 0.335 e. The Balaban J connectivity index is 3.87. The molecule has 0 aliphatic carbocycles. The van der Waals surface area contributed by atoms with Crippen LogP contribution in [0.2, 0.25) is 0 Å². The second kappa shape index (κ2) is 11.2. The predicted octanol–water partition coefficient (Wildman–Crippen LogP) is 3.07. The summed E-state index contributed by atoms with van der Waals surface area (Å²) in [6.07, 6.45) is 3.39. The van der Waals surface area contributed by atoms with E-state index in [0.717, 1.165) is 25.7 Å². The minimum absolute atomic E-state index is 0.162. The van der Waals surface area contributed by atoms with Crippen molar-refractivity contribution in [2.24, 2.45) is 0 Å². The molecule has 0 aliphatic rings. The van der Waals surface area contributed by atoms with Gasteiger partial charge in [0.25, 0.3) is 0 Å². The number of carbonyl (C=O) groups excluding carboxylic acids is 1. The van der Waals surface area contributed by atoms with Crippen LogP contribution in [0.5, 0.6) is 0 Å². The van der Waals surface area contributed by atoms with Crippen LogP contribution in [0.25, 0.3) is 0 Å². The highest BCUT2D eigenvalue weighted by Crippen LogP contribution is 2.07. The van der Waals surface area contributed by atoms with Gasteiger partial charge < -0.3 is 14.2 Å². The third-order valence-electron chi connectivity index (χ3n) is 2.34. The molecule has 0 spiro atoms. The summed E-state index contributed by atoms with van der Waals surface area (Å²) in [5.41, 5.74) is 0.340. The van der Waals surface area contributed by atoms with Crippen molar-refractivity contribution in [1.82, 2.24) is 0 Å². The van der Waals surface area contributed by atoms with Crippen LogP contribution in [0.4, 0.5) is 0 Å². The van der Waals surface area contributed by atoms with Gasteiger partial charge in [-0.3, -0.25) is 0 Å². The Kier molecular flexibility index (Phi) is 10.7. The molecule has 0 aromatic carbocycles. The molecule has 0 radical (unpaired) electrons. The van der Waals surface area contributed by atoms with Gasteiger partial charge >= 0.3 is 5.97 Å². The van der Waals surface area contributed by atoms with E-state index in [9.17, 15) is 4.79 Å². The Labute approximate surface area is 110 Å². The zero-order chi connectivity index (χ0) is 13.8. The van der Waals surface area contributed by atoms with Gasteiger partial charge in [0.15, 0.2) is 6.29 Å². The SMILES string of the molecule is C=C(COC(CCC)OCC)C(=O)OCCCC. The summed E-state index contributed by atoms with van der Waals surface area (Å²) < 4.78 is 15.9. The van der Waals surface area contributed by atoms with Gasteiger partial charge in [0.2, 0.25) is 0 Å². The molecule has 0 saturated carbocycles. The van der Waals surface area contributed by atoms with Gasteiger partial charge in [-0.05, 0) is 19.8 Å². The molecule has 4 nitrogen and oxygen atoms in total. The van der Waals surface area contributed by atoms with Gasteiger partial charge in [-0.25, -0.2) is 4.79 Å². The average molecular weight is 258 g/mol. The summed E-state index contributed by atoms with van der Waals surface area (Å²) in [4.78, 5) is 11.5. The number of hydrogen-bond acceptors (Lipinski definition) is 4. The van der Waals surface area contributed by atoms with Crippen LogP contribution in [0.15, 0.2) is 12.2 Å². The number of carbonyl (C=O) groups is 1. The lowest BCUT2D eigenvalue weighted by Crippen LogP contribution is -2.21. The second-order valence-corrected chi connectivity index (χ2v) is 4.08. The van der Waals surface area contributed by atoms with E-state index in [0.29, 0.717) is 18.8 Å². The Morgan fingerprint density at radius 1 is 1.17 bits per heavy atom. The van der Waals surface area contributed by atoms with Gasteiger partial charge in [-0.15, -0.1) is 0 Å². The van der Waals surface area contributed by atoms with Crippen LogP contribution < -0.4 is 0 Å². The highest BCUT2D eigenvalue weighted by Gasteiger charge is 2.12. The molecule has 0 amide bonds. The van der Waals surface area contributed by atoms with E-state index in [1.54, 1.807) is 0 Å². The minimum atomic E-state index is -0.379. The van der Waals surface area contributed by atoms with Gasteiger partial charge in [0.1, 0.15) is 0 Å². The Hall–Kier alpha value is -0.870. The molecule has 1 unspecified atom stereocenters. The molecule has 4 heteroatoms. The lowest BCUT2D eigenvalue weighted by Gasteiger charge is -2.17. The van der Waals surface area contributed by atoms with Gasteiger partial charge in [0, 0.05) is 6.61 Å². The van der Waals surface area contributed by atoms with Crippen LogP contribution in [0.3, 0.4) is 0 Å². The molecular weight excluding hydrogens is 232 g/mol. The van der Waals surface area contributed by atoms with E-state index in [2.05, 4.69) is 13.5 Å². The van der Waals surface area contributed by atoms with Crippen molar-refractivity contribution in [3.8, 4) is 0 Å². The third kappa shape index (κ3) is 8.25. The largest absolute Gasteiger partial charge is 0.462 e. The topological polar surface area (TPSA) is 44.8 Å². The number of rotatable bonds is 11. The molecule has 0 aliphatic heterocycles. The van der Waals surface area contributed by atoms with Crippen molar-refractivity contribution in [1.29, 1.82) is 0 Å².